The maximum Gasteiger partial charge on any atom is 0.326 e. The van der Waals surface area contributed by atoms with Crippen LogP contribution in [-0.4, -0.2) is 119 Å². The van der Waals surface area contributed by atoms with E-state index in [0.29, 0.717) is 51.0 Å². The highest BCUT2D eigenvalue weighted by molar-refractivity contribution is 5.91. The number of nitrogens with one attached hydrogen (secondary N) is 6. The molecule has 1 saturated carbocycles. The number of amides is 6. The highest BCUT2D eigenvalue weighted by Gasteiger charge is 2.32. The highest BCUT2D eigenvalue weighted by Crippen LogP contribution is 2.31. The van der Waals surface area contributed by atoms with Crippen LogP contribution < -0.4 is 43.4 Å². The third-order valence-corrected chi connectivity index (χ3v) is 13.7. The van der Waals surface area contributed by atoms with Crippen molar-refractivity contribution in [3.8, 4) is 0 Å². The summed E-state index contributed by atoms with van der Waals surface area (Å²) in [4.78, 5) is 114. The molecule has 0 heterocycles. The van der Waals surface area contributed by atoms with Crippen LogP contribution in [0.2, 0.25) is 1.41 Å². The summed E-state index contributed by atoms with van der Waals surface area (Å²) in [6, 6.07) is 15.7. The van der Waals surface area contributed by atoms with Crippen LogP contribution in [0.15, 0.2) is 66.7 Å². The molecule has 1 fully saturated rings. The van der Waals surface area contributed by atoms with E-state index in [1.807, 2.05) is 66.7 Å². The topological polar surface area (TPSA) is 339 Å². The Bertz CT molecular complexity index is 2430. The molecule has 410 valence electrons. The molecule has 75 heavy (non-hydrogen) atoms. The van der Waals surface area contributed by atoms with E-state index in [0.717, 1.165) is 28.3 Å². The van der Waals surface area contributed by atoms with Gasteiger partial charge in [0.05, 0.1) is 12.0 Å². The van der Waals surface area contributed by atoms with E-state index in [2.05, 4.69) is 51.5 Å². The van der Waals surface area contributed by atoms with Crippen molar-refractivity contribution >= 4 is 64.1 Å². The quantitative estimate of drug-likeness (QED) is 0.0386. The molecule has 1 aliphatic carbocycles. The monoisotopic (exact) mass is 1040 g/mol. The fourth-order valence-corrected chi connectivity index (χ4v) is 9.24. The van der Waals surface area contributed by atoms with Crippen LogP contribution in [0.4, 0.5) is 4.79 Å². The maximum absolute atomic E-state index is 13.9. The Kier molecular flexibility index (Phi) is 24.4. The molecule has 1 aliphatic rings. The van der Waals surface area contributed by atoms with Crippen molar-refractivity contribution in [2.75, 3.05) is 26.2 Å². The Morgan fingerprint density at radius 2 is 1.28 bits per heavy atom. The predicted molar refractivity (Wildman–Crippen MR) is 282 cm³/mol. The smallest absolute Gasteiger partial charge is 0.326 e. The summed E-state index contributed by atoms with van der Waals surface area (Å²) in [6.07, 6.45) is 3.59. The van der Waals surface area contributed by atoms with Crippen molar-refractivity contribution in [2.24, 2.45) is 35.1 Å². The normalized spacial score (nSPS) is 16.9. The first-order valence-corrected chi connectivity index (χ1v) is 26.1. The SMILES string of the molecule is [2H]NC(CCNC(=O)C(CCN)NC(=O)C(C)c1ccc(CC(C)C)cc1)C(=O)NCC1CCC(C(=O)CC(Cc2ccc3ccccc3c2)C(=O)NCCCCC(NC(=O)NC(CCC(=O)O)C(=O)O)C(=O)O)CC1. The minimum Gasteiger partial charge on any atom is -0.481 e. The van der Waals surface area contributed by atoms with Gasteiger partial charge < -0.3 is 58.7 Å². The fourth-order valence-electron chi connectivity index (χ4n) is 9.24. The zero-order valence-corrected chi connectivity index (χ0v) is 43.4. The van der Waals surface area contributed by atoms with Gasteiger partial charge in [-0.1, -0.05) is 80.6 Å². The van der Waals surface area contributed by atoms with Crippen LogP contribution in [-0.2, 0) is 51.2 Å². The van der Waals surface area contributed by atoms with Gasteiger partial charge in [0.1, 0.15) is 25.3 Å². The van der Waals surface area contributed by atoms with Gasteiger partial charge in [0.2, 0.25) is 23.6 Å². The lowest BCUT2D eigenvalue weighted by molar-refractivity contribution is -0.141. The standard InChI is InChI=1S/C55H78N8O12/c1-33(2)28-35-11-16-38(17-12-35)34(3)49(67)61-44(23-25-56)52(70)59-27-24-43(57)51(69)60-32-36-13-19-40(20-14-36)47(64)31-42(30-37-15-18-39-8-4-5-9-41(39)29-37)50(68)58-26-7-6-10-45(53(71)72)62-55(75)63-46(54(73)74)21-22-48(65)66/h4-5,8-9,11-12,15-18,29,33-34,36,40,42-46H,6-7,10,13-14,19-28,30-32,56-57H2,1-3H3,(H,58,68)(H,59,70)(H,60,69)(H,61,67)(H,65,66)(H,71,72)(H,73,74)(H2,62,63,75)/i/hD. The number of rotatable bonds is 33. The Labute approximate surface area is 440 Å². The van der Waals surface area contributed by atoms with Gasteiger partial charge in [0, 0.05) is 44.3 Å². The number of hydrogen-bond acceptors (Lipinski definition) is 11. The van der Waals surface area contributed by atoms with Crippen LogP contribution in [0.3, 0.4) is 0 Å². The molecule has 0 aliphatic heterocycles. The first-order chi connectivity index (χ1) is 36.3. The average Bonchev–Trinajstić information content (AvgIpc) is 3.39. The predicted octanol–water partition coefficient (Wildman–Crippen LogP) is 3.91. The number of unbranched alkanes of at least 4 members (excludes halogenated alkanes) is 1. The molecule has 0 bridgehead atoms. The number of carboxylic acids is 3. The lowest BCUT2D eigenvalue weighted by atomic mass is 9.77. The summed E-state index contributed by atoms with van der Waals surface area (Å²) in [6.45, 7) is 6.77. The summed E-state index contributed by atoms with van der Waals surface area (Å²) in [7, 11) is 0. The van der Waals surface area contributed by atoms with Gasteiger partial charge in [-0.15, -0.1) is 0 Å². The molecule has 0 aromatic heterocycles. The molecule has 6 amide bonds. The Morgan fingerprint density at radius 1 is 0.640 bits per heavy atom. The number of urea groups is 1. The maximum atomic E-state index is 13.9. The van der Waals surface area contributed by atoms with Crippen molar-refractivity contribution in [3.63, 3.8) is 0 Å². The molecular formula is C55H78N8O12. The van der Waals surface area contributed by atoms with Gasteiger partial charge >= 0.3 is 23.9 Å². The molecule has 20 heteroatoms. The first kappa shape index (κ1) is 59.0. The van der Waals surface area contributed by atoms with E-state index in [1.54, 1.807) is 6.92 Å². The van der Waals surface area contributed by atoms with Gasteiger partial charge in [-0.2, -0.15) is 0 Å². The van der Waals surface area contributed by atoms with Crippen LogP contribution in [0, 0.1) is 23.7 Å². The van der Waals surface area contributed by atoms with Crippen molar-refractivity contribution in [1.29, 1.82) is 0 Å². The van der Waals surface area contributed by atoms with Gasteiger partial charge in [-0.05, 0) is 130 Å². The molecule has 13 N–H and O–H groups in total. The number of hydrogen-bond donors (Lipinski definition) is 11. The third-order valence-electron chi connectivity index (χ3n) is 13.7. The van der Waals surface area contributed by atoms with Gasteiger partial charge in [0.15, 0.2) is 0 Å². The van der Waals surface area contributed by atoms with Crippen molar-refractivity contribution in [3.05, 3.63) is 83.4 Å². The molecule has 4 rings (SSSR count). The van der Waals surface area contributed by atoms with Gasteiger partial charge in [0.25, 0.3) is 0 Å². The van der Waals surface area contributed by atoms with E-state index in [4.69, 9.17) is 12.3 Å². The second-order valence-electron chi connectivity index (χ2n) is 20.2. The molecule has 3 aromatic carbocycles. The van der Waals surface area contributed by atoms with Crippen molar-refractivity contribution in [2.45, 2.75) is 141 Å². The summed E-state index contributed by atoms with van der Waals surface area (Å²) in [5.74, 6) is -6.55. The number of aliphatic carboxylic acids is 3. The molecular weight excluding hydrogens is 965 g/mol. The highest BCUT2D eigenvalue weighted by atomic mass is 16.4. The Balaban J connectivity index is 1.24. The van der Waals surface area contributed by atoms with Gasteiger partial charge in [-0.3, -0.25) is 28.8 Å². The second kappa shape index (κ2) is 31.1. The molecule has 0 saturated heterocycles. The number of Topliss-reactive ketones (excluding diaryl/α,β-unsaturated/α-hetero) is 1. The number of ketones is 1. The lowest BCUT2D eigenvalue weighted by Gasteiger charge is -2.29. The van der Waals surface area contributed by atoms with E-state index >= 15 is 0 Å². The van der Waals surface area contributed by atoms with E-state index in [-0.39, 0.29) is 81.2 Å². The number of carbonyl (C=O) groups excluding carboxylic acids is 6. The van der Waals surface area contributed by atoms with Crippen LogP contribution in [0.5, 0.6) is 0 Å². The summed E-state index contributed by atoms with van der Waals surface area (Å²) < 4.78 is 7.81. The van der Waals surface area contributed by atoms with E-state index in [9.17, 15) is 53.4 Å². The zero-order valence-electron chi connectivity index (χ0n) is 44.4. The van der Waals surface area contributed by atoms with Crippen molar-refractivity contribution in [1.82, 2.24) is 31.9 Å². The summed E-state index contributed by atoms with van der Waals surface area (Å²) in [5.41, 5.74) is 10.9. The fraction of sp³-hybridized carbons (Fsp3) is 0.545. The lowest BCUT2D eigenvalue weighted by Crippen LogP contribution is -2.51. The van der Waals surface area contributed by atoms with Crippen LogP contribution >= 0.6 is 0 Å². The number of carbonyl (C=O) groups is 9. The second-order valence-corrected chi connectivity index (χ2v) is 20.2. The minimum absolute atomic E-state index is 0.00639. The van der Waals surface area contributed by atoms with E-state index in [1.165, 1.54) is 5.56 Å². The number of carboxylic acid groups (broad SMARTS) is 3. The number of fused-ring (bicyclic) bond motifs is 1. The largest absolute Gasteiger partial charge is 0.481 e. The average molecular weight is 1040 g/mol. The molecule has 3 aromatic rings. The van der Waals surface area contributed by atoms with Crippen LogP contribution in [0.1, 0.15) is 120 Å². The number of benzene rings is 3. The van der Waals surface area contributed by atoms with Gasteiger partial charge in [-0.25, -0.2) is 14.4 Å². The molecule has 0 spiro atoms. The zero-order chi connectivity index (χ0) is 55.7. The molecule has 6 unspecified atom stereocenters. The molecule has 0 radical (unpaired) electrons. The first-order valence-electron chi connectivity index (χ1n) is 26.6. The summed E-state index contributed by atoms with van der Waals surface area (Å²) in [5, 5.41) is 45.6. The van der Waals surface area contributed by atoms with Crippen LogP contribution in [0.25, 0.3) is 10.8 Å². The van der Waals surface area contributed by atoms with Crippen molar-refractivity contribution < 1.29 is 59.9 Å². The minimum atomic E-state index is -1.54. The number of nitrogens with two attached hydrogens (primary N) is 2. The summed E-state index contributed by atoms with van der Waals surface area (Å²) >= 11 is 0. The Morgan fingerprint density at radius 3 is 1.91 bits per heavy atom. The third kappa shape index (κ3) is 21.1. The van der Waals surface area contributed by atoms with E-state index < -0.39 is 84.6 Å². The molecule has 6 atom stereocenters. The Hall–Kier alpha value is -6.93. The molecule has 20 nitrogen and oxygen atoms in total.